The van der Waals surface area contributed by atoms with Gasteiger partial charge in [-0.3, -0.25) is 9.59 Å². The fraction of sp³-hybridized carbons (Fsp3) is 0.125. The van der Waals surface area contributed by atoms with Crippen LogP contribution in [0, 0.1) is 0 Å². The lowest BCUT2D eigenvalue weighted by molar-refractivity contribution is 0.0927. The van der Waals surface area contributed by atoms with Gasteiger partial charge in [0.05, 0.1) is 0 Å². The van der Waals surface area contributed by atoms with Crippen molar-refractivity contribution in [2.24, 2.45) is 0 Å². The zero-order chi connectivity index (χ0) is 15.9. The minimum Gasteiger partial charge on any atom is -0.399 e. The molecule has 6 heteroatoms. The van der Waals surface area contributed by atoms with Crippen molar-refractivity contribution in [2.75, 3.05) is 24.6 Å². The van der Waals surface area contributed by atoms with Gasteiger partial charge in [0, 0.05) is 35.6 Å². The zero-order valence-corrected chi connectivity index (χ0v) is 12.0. The number of nitrogen functional groups attached to an aromatic ring is 2. The smallest absolute Gasteiger partial charge is 0.251 e. The van der Waals surface area contributed by atoms with Crippen molar-refractivity contribution < 1.29 is 9.59 Å². The fourth-order valence-electron chi connectivity index (χ4n) is 1.83. The molecule has 0 radical (unpaired) electrons. The second kappa shape index (κ2) is 7.12. The summed E-state index contributed by atoms with van der Waals surface area (Å²) in [6.45, 7) is 0.674. The standard InChI is InChI=1S/C16H18N4O2/c17-13-5-1-11(2-6-13)15(21)19-9-10-20-16(22)12-3-7-14(18)8-4-12/h1-8H,9-10,17-18H2,(H,19,21)(H,20,22). The van der Waals surface area contributed by atoms with Gasteiger partial charge in [0.25, 0.3) is 11.8 Å². The molecule has 0 atom stereocenters. The molecule has 0 aliphatic heterocycles. The number of carbonyl (C=O) groups is 2. The molecule has 2 aromatic rings. The number of amides is 2. The third kappa shape index (κ3) is 4.24. The predicted octanol–water partition coefficient (Wildman–Crippen LogP) is 1.01. The maximum Gasteiger partial charge on any atom is 0.251 e. The average molecular weight is 298 g/mol. The lowest BCUT2D eigenvalue weighted by atomic mass is 10.2. The number of hydrogen-bond acceptors (Lipinski definition) is 4. The quantitative estimate of drug-likeness (QED) is 0.487. The van der Waals surface area contributed by atoms with Crippen molar-refractivity contribution in [3.8, 4) is 0 Å². The Kier molecular flexibility index (Phi) is 4.98. The van der Waals surface area contributed by atoms with E-state index in [9.17, 15) is 9.59 Å². The highest BCUT2D eigenvalue weighted by atomic mass is 16.2. The minimum absolute atomic E-state index is 0.207. The molecule has 2 rings (SSSR count). The lowest BCUT2D eigenvalue weighted by Crippen LogP contribution is -2.34. The van der Waals surface area contributed by atoms with Gasteiger partial charge in [-0.05, 0) is 48.5 Å². The first-order chi connectivity index (χ1) is 10.6. The number of anilines is 2. The topological polar surface area (TPSA) is 110 Å². The van der Waals surface area contributed by atoms with Crippen molar-refractivity contribution in [1.82, 2.24) is 10.6 Å². The maximum atomic E-state index is 11.8. The largest absolute Gasteiger partial charge is 0.399 e. The second-order valence-corrected chi connectivity index (χ2v) is 4.76. The van der Waals surface area contributed by atoms with Gasteiger partial charge in [-0.1, -0.05) is 0 Å². The Morgan fingerprint density at radius 2 is 1.00 bits per heavy atom. The summed E-state index contributed by atoms with van der Waals surface area (Å²) in [5, 5.41) is 5.44. The highest BCUT2D eigenvalue weighted by Crippen LogP contribution is 2.05. The second-order valence-electron chi connectivity index (χ2n) is 4.76. The van der Waals surface area contributed by atoms with Crippen LogP contribution in [0.5, 0.6) is 0 Å². The zero-order valence-electron chi connectivity index (χ0n) is 12.0. The molecule has 0 heterocycles. The van der Waals surface area contributed by atoms with Gasteiger partial charge >= 0.3 is 0 Å². The van der Waals surface area contributed by atoms with Crippen LogP contribution in [0.4, 0.5) is 11.4 Å². The van der Waals surface area contributed by atoms with Crippen LogP contribution in [-0.2, 0) is 0 Å². The molecule has 0 bridgehead atoms. The number of nitrogens with two attached hydrogens (primary N) is 2. The van der Waals surface area contributed by atoms with E-state index < -0.39 is 0 Å². The SMILES string of the molecule is Nc1ccc(C(=O)NCCNC(=O)c2ccc(N)cc2)cc1. The summed E-state index contributed by atoms with van der Waals surface area (Å²) in [5.41, 5.74) is 13.4. The number of benzene rings is 2. The molecule has 0 spiro atoms. The first kappa shape index (κ1) is 15.4. The average Bonchev–Trinajstić information content (AvgIpc) is 2.52. The number of nitrogens with one attached hydrogen (secondary N) is 2. The predicted molar refractivity (Wildman–Crippen MR) is 86.4 cm³/mol. The van der Waals surface area contributed by atoms with E-state index >= 15 is 0 Å². The van der Waals surface area contributed by atoms with Gasteiger partial charge in [0.15, 0.2) is 0 Å². The molecule has 0 saturated carbocycles. The van der Waals surface area contributed by atoms with Crippen LogP contribution in [-0.4, -0.2) is 24.9 Å². The van der Waals surface area contributed by atoms with Crippen LogP contribution in [0.3, 0.4) is 0 Å². The molecular formula is C16H18N4O2. The van der Waals surface area contributed by atoms with Crippen LogP contribution in [0.25, 0.3) is 0 Å². The van der Waals surface area contributed by atoms with Gasteiger partial charge in [-0.2, -0.15) is 0 Å². The Balaban J connectivity index is 1.74. The lowest BCUT2D eigenvalue weighted by Gasteiger charge is -2.07. The van der Waals surface area contributed by atoms with Crippen LogP contribution in [0.2, 0.25) is 0 Å². The Bertz CT molecular complexity index is 591. The van der Waals surface area contributed by atoms with Crippen LogP contribution in [0.1, 0.15) is 20.7 Å². The summed E-state index contributed by atoms with van der Waals surface area (Å²) in [7, 11) is 0. The molecule has 0 fully saturated rings. The number of rotatable bonds is 5. The molecule has 6 N–H and O–H groups in total. The van der Waals surface area contributed by atoms with Gasteiger partial charge in [0.2, 0.25) is 0 Å². The van der Waals surface area contributed by atoms with E-state index in [1.54, 1.807) is 48.5 Å². The van der Waals surface area contributed by atoms with E-state index in [1.807, 2.05) is 0 Å². The normalized spacial score (nSPS) is 10.0. The molecule has 2 aromatic carbocycles. The Hall–Kier alpha value is -3.02. The maximum absolute atomic E-state index is 11.8. The van der Waals surface area contributed by atoms with Crippen LogP contribution < -0.4 is 22.1 Å². The first-order valence-corrected chi connectivity index (χ1v) is 6.84. The summed E-state index contributed by atoms with van der Waals surface area (Å²) in [4.78, 5) is 23.7. The third-order valence-electron chi connectivity index (χ3n) is 3.04. The van der Waals surface area contributed by atoms with Gasteiger partial charge in [-0.25, -0.2) is 0 Å². The van der Waals surface area contributed by atoms with Crippen molar-refractivity contribution in [1.29, 1.82) is 0 Å². The summed E-state index contributed by atoms with van der Waals surface area (Å²) in [6.07, 6.45) is 0. The monoisotopic (exact) mass is 298 g/mol. The Labute approximate surface area is 128 Å². The molecular weight excluding hydrogens is 280 g/mol. The molecule has 2 amide bonds. The molecule has 0 unspecified atom stereocenters. The highest BCUT2D eigenvalue weighted by molar-refractivity contribution is 5.95. The Morgan fingerprint density at radius 3 is 1.32 bits per heavy atom. The molecule has 22 heavy (non-hydrogen) atoms. The fourth-order valence-corrected chi connectivity index (χ4v) is 1.83. The molecule has 0 saturated heterocycles. The van der Waals surface area contributed by atoms with Gasteiger partial charge in [0.1, 0.15) is 0 Å². The molecule has 0 aromatic heterocycles. The number of carbonyl (C=O) groups excluding carboxylic acids is 2. The first-order valence-electron chi connectivity index (χ1n) is 6.84. The van der Waals surface area contributed by atoms with Gasteiger partial charge in [-0.15, -0.1) is 0 Å². The van der Waals surface area contributed by atoms with E-state index in [1.165, 1.54) is 0 Å². The summed E-state index contributed by atoms with van der Waals surface area (Å²) < 4.78 is 0. The summed E-state index contributed by atoms with van der Waals surface area (Å²) in [5.74, 6) is -0.413. The third-order valence-corrected chi connectivity index (χ3v) is 3.04. The van der Waals surface area contributed by atoms with E-state index in [-0.39, 0.29) is 11.8 Å². The van der Waals surface area contributed by atoms with E-state index in [0.717, 1.165) is 0 Å². The highest BCUT2D eigenvalue weighted by Gasteiger charge is 2.06. The van der Waals surface area contributed by atoms with E-state index in [0.29, 0.717) is 35.6 Å². The van der Waals surface area contributed by atoms with Crippen molar-refractivity contribution in [2.45, 2.75) is 0 Å². The van der Waals surface area contributed by atoms with Crippen LogP contribution >= 0.6 is 0 Å². The van der Waals surface area contributed by atoms with Gasteiger partial charge < -0.3 is 22.1 Å². The van der Waals surface area contributed by atoms with Crippen molar-refractivity contribution in [3.63, 3.8) is 0 Å². The van der Waals surface area contributed by atoms with E-state index in [4.69, 9.17) is 11.5 Å². The van der Waals surface area contributed by atoms with Crippen molar-refractivity contribution in [3.05, 3.63) is 59.7 Å². The number of hydrogen-bond donors (Lipinski definition) is 4. The van der Waals surface area contributed by atoms with Crippen LogP contribution in [0.15, 0.2) is 48.5 Å². The molecule has 114 valence electrons. The molecule has 6 nitrogen and oxygen atoms in total. The molecule has 0 aliphatic carbocycles. The van der Waals surface area contributed by atoms with E-state index in [2.05, 4.69) is 10.6 Å². The summed E-state index contributed by atoms with van der Waals surface area (Å²) >= 11 is 0. The summed E-state index contributed by atoms with van der Waals surface area (Å²) in [6, 6.07) is 13.3. The Morgan fingerprint density at radius 1 is 0.682 bits per heavy atom. The minimum atomic E-state index is -0.207. The molecule has 0 aliphatic rings. The van der Waals surface area contributed by atoms with Crippen molar-refractivity contribution >= 4 is 23.2 Å².